The molecule has 0 amide bonds. The summed E-state index contributed by atoms with van der Waals surface area (Å²) in [7, 11) is 0. The van der Waals surface area contributed by atoms with Crippen molar-refractivity contribution in [3.8, 4) is 17.3 Å². The van der Waals surface area contributed by atoms with Crippen LogP contribution in [0.4, 0.5) is 11.8 Å². The largest absolute Gasteiger partial charge is 0.353 e. The SMILES string of the molecule is N#Cc1ccnc(N2CCN(c3nccc(-c4ccncc4)n3)CC2)c1. The van der Waals surface area contributed by atoms with Crippen molar-refractivity contribution in [2.45, 2.75) is 0 Å². The topological polar surface area (TPSA) is 81.8 Å². The number of anilines is 2. The van der Waals surface area contributed by atoms with E-state index in [2.05, 4.69) is 30.8 Å². The molecular formula is C19H17N7. The average molecular weight is 343 g/mol. The van der Waals surface area contributed by atoms with Gasteiger partial charge < -0.3 is 9.80 Å². The van der Waals surface area contributed by atoms with Gasteiger partial charge in [0, 0.05) is 56.5 Å². The molecule has 1 saturated heterocycles. The van der Waals surface area contributed by atoms with Crippen LogP contribution in [0.3, 0.4) is 0 Å². The lowest BCUT2D eigenvalue weighted by Gasteiger charge is -2.35. The molecule has 7 nitrogen and oxygen atoms in total. The molecular weight excluding hydrogens is 326 g/mol. The van der Waals surface area contributed by atoms with E-state index in [1.165, 1.54) is 0 Å². The summed E-state index contributed by atoms with van der Waals surface area (Å²) in [5.74, 6) is 1.58. The van der Waals surface area contributed by atoms with E-state index in [1.807, 2.05) is 24.3 Å². The summed E-state index contributed by atoms with van der Waals surface area (Å²) in [4.78, 5) is 21.9. The fourth-order valence-electron chi connectivity index (χ4n) is 2.98. The van der Waals surface area contributed by atoms with Gasteiger partial charge in [0.25, 0.3) is 0 Å². The molecule has 4 heterocycles. The minimum atomic E-state index is 0.630. The van der Waals surface area contributed by atoms with E-state index >= 15 is 0 Å². The van der Waals surface area contributed by atoms with Gasteiger partial charge in [0.15, 0.2) is 0 Å². The van der Waals surface area contributed by atoms with Gasteiger partial charge in [-0.2, -0.15) is 5.26 Å². The number of piperazine rings is 1. The van der Waals surface area contributed by atoms with Crippen LogP contribution in [0.15, 0.2) is 55.1 Å². The van der Waals surface area contributed by atoms with Crippen molar-refractivity contribution in [1.82, 2.24) is 19.9 Å². The Labute approximate surface area is 151 Å². The molecule has 1 aliphatic rings. The average Bonchev–Trinajstić information content (AvgIpc) is 2.75. The van der Waals surface area contributed by atoms with E-state index in [-0.39, 0.29) is 0 Å². The highest BCUT2D eigenvalue weighted by atomic mass is 15.3. The van der Waals surface area contributed by atoms with Gasteiger partial charge in [0.1, 0.15) is 5.82 Å². The fraction of sp³-hybridized carbons (Fsp3) is 0.211. The zero-order valence-corrected chi connectivity index (χ0v) is 14.2. The number of nitriles is 1. The first-order valence-electron chi connectivity index (χ1n) is 8.43. The number of rotatable bonds is 3. The van der Waals surface area contributed by atoms with Gasteiger partial charge in [-0.25, -0.2) is 15.0 Å². The molecule has 7 heteroatoms. The normalized spacial score (nSPS) is 14.1. The molecule has 0 spiro atoms. The van der Waals surface area contributed by atoms with Crippen LogP contribution in [-0.4, -0.2) is 46.1 Å². The quantitative estimate of drug-likeness (QED) is 0.720. The molecule has 0 saturated carbocycles. The summed E-state index contributed by atoms with van der Waals surface area (Å²) >= 11 is 0. The zero-order valence-electron chi connectivity index (χ0n) is 14.2. The Hall–Kier alpha value is -3.53. The van der Waals surface area contributed by atoms with Crippen LogP contribution in [0.1, 0.15) is 5.56 Å². The molecule has 0 radical (unpaired) electrons. The molecule has 0 aliphatic carbocycles. The molecule has 0 unspecified atom stereocenters. The van der Waals surface area contributed by atoms with Gasteiger partial charge in [-0.15, -0.1) is 0 Å². The van der Waals surface area contributed by atoms with Crippen molar-refractivity contribution in [3.63, 3.8) is 0 Å². The number of aromatic nitrogens is 4. The minimum Gasteiger partial charge on any atom is -0.353 e. The van der Waals surface area contributed by atoms with E-state index in [0.717, 1.165) is 49.2 Å². The van der Waals surface area contributed by atoms with E-state index < -0.39 is 0 Å². The van der Waals surface area contributed by atoms with Crippen molar-refractivity contribution in [2.75, 3.05) is 36.0 Å². The summed E-state index contributed by atoms with van der Waals surface area (Å²) in [6.07, 6.45) is 7.00. The lowest BCUT2D eigenvalue weighted by atomic mass is 10.2. The van der Waals surface area contributed by atoms with Gasteiger partial charge in [0.2, 0.25) is 5.95 Å². The first-order valence-corrected chi connectivity index (χ1v) is 8.43. The third kappa shape index (κ3) is 3.30. The first kappa shape index (κ1) is 16.0. The predicted octanol–water partition coefficient (Wildman–Crippen LogP) is 2.13. The van der Waals surface area contributed by atoms with Crippen LogP contribution in [0.2, 0.25) is 0 Å². The highest BCUT2D eigenvalue weighted by Gasteiger charge is 2.20. The van der Waals surface area contributed by atoms with Crippen molar-refractivity contribution >= 4 is 11.8 Å². The maximum absolute atomic E-state index is 9.05. The number of hydrogen-bond donors (Lipinski definition) is 0. The predicted molar refractivity (Wildman–Crippen MR) is 98.6 cm³/mol. The summed E-state index contributed by atoms with van der Waals surface area (Å²) < 4.78 is 0. The fourth-order valence-corrected chi connectivity index (χ4v) is 2.98. The summed E-state index contributed by atoms with van der Waals surface area (Å²) in [5.41, 5.74) is 2.55. The molecule has 0 atom stereocenters. The summed E-state index contributed by atoms with van der Waals surface area (Å²) in [5, 5.41) is 9.05. The van der Waals surface area contributed by atoms with Gasteiger partial charge in [-0.3, -0.25) is 4.98 Å². The van der Waals surface area contributed by atoms with Crippen molar-refractivity contribution in [3.05, 3.63) is 60.7 Å². The molecule has 3 aromatic rings. The highest BCUT2D eigenvalue weighted by Crippen LogP contribution is 2.20. The highest BCUT2D eigenvalue weighted by molar-refractivity contribution is 5.59. The Balaban J connectivity index is 1.47. The lowest BCUT2D eigenvalue weighted by Crippen LogP contribution is -2.47. The van der Waals surface area contributed by atoms with Crippen LogP contribution in [0.5, 0.6) is 0 Å². The van der Waals surface area contributed by atoms with Crippen LogP contribution in [0, 0.1) is 11.3 Å². The molecule has 3 aromatic heterocycles. The van der Waals surface area contributed by atoms with Gasteiger partial charge >= 0.3 is 0 Å². The molecule has 4 rings (SSSR count). The Morgan fingerprint density at radius 3 is 2.35 bits per heavy atom. The number of nitrogens with zero attached hydrogens (tertiary/aromatic N) is 7. The number of hydrogen-bond acceptors (Lipinski definition) is 7. The number of pyridine rings is 2. The standard InChI is InChI=1S/C19H17N7/c20-14-15-1-7-22-18(13-15)25-9-11-26(12-10-25)19-23-8-4-17(24-19)16-2-5-21-6-3-16/h1-8,13H,9-12H2. The summed E-state index contributed by atoms with van der Waals surface area (Å²) in [6, 6.07) is 11.5. The third-order valence-electron chi connectivity index (χ3n) is 4.38. The second-order valence-corrected chi connectivity index (χ2v) is 5.97. The van der Waals surface area contributed by atoms with Crippen LogP contribution < -0.4 is 9.80 Å². The second-order valence-electron chi connectivity index (χ2n) is 5.97. The van der Waals surface area contributed by atoms with Gasteiger partial charge in [-0.05, 0) is 30.3 Å². The van der Waals surface area contributed by atoms with Crippen molar-refractivity contribution in [1.29, 1.82) is 5.26 Å². The van der Waals surface area contributed by atoms with Crippen LogP contribution in [0.25, 0.3) is 11.3 Å². The molecule has 1 fully saturated rings. The Morgan fingerprint density at radius 2 is 1.58 bits per heavy atom. The van der Waals surface area contributed by atoms with E-state index in [1.54, 1.807) is 30.9 Å². The maximum atomic E-state index is 9.05. The first-order chi connectivity index (χ1) is 12.8. The molecule has 0 N–H and O–H groups in total. The Kier molecular flexibility index (Phi) is 4.39. The second kappa shape index (κ2) is 7.15. The van der Waals surface area contributed by atoms with E-state index in [4.69, 9.17) is 10.2 Å². The molecule has 0 aromatic carbocycles. The molecule has 0 bridgehead atoms. The molecule has 1 aliphatic heterocycles. The monoisotopic (exact) mass is 343 g/mol. The minimum absolute atomic E-state index is 0.630. The van der Waals surface area contributed by atoms with Gasteiger partial charge in [-0.1, -0.05) is 0 Å². The Bertz CT molecular complexity index is 928. The molecule has 128 valence electrons. The van der Waals surface area contributed by atoms with E-state index in [9.17, 15) is 0 Å². The van der Waals surface area contributed by atoms with Crippen molar-refractivity contribution < 1.29 is 0 Å². The van der Waals surface area contributed by atoms with Crippen molar-refractivity contribution in [2.24, 2.45) is 0 Å². The van der Waals surface area contributed by atoms with Crippen LogP contribution >= 0.6 is 0 Å². The lowest BCUT2D eigenvalue weighted by molar-refractivity contribution is 0.635. The van der Waals surface area contributed by atoms with Crippen LogP contribution in [-0.2, 0) is 0 Å². The maximum Gasteiger partial charge on any atom is 0.225 e. The smallest absolute Gasteiger partial charge is 0.225 e. The molecule has 26 heavy (non-hydrogen) atoms. The Morgan fingerprint density at radius 1 is 0.846 bits per heavy atom. The van der Waals surface area contributed by atoms with Gasteiger partial charge in [0.05, 0.1) is 17.3 Å². The van der Waals surface area contributed by atoms with E-state index in [0.29, 0.717) is 5.56 Å². The third-order valence-corrected chi connectivity index (χ3v) is 4.38. The summed E-state index contributed by atoms with van der Waals surface area (Å²) in [6.45, 7) is 3.23. The zero-order chi connectivity index (χ0) is 17.8.